The normalized spacial score (nSPS) is 17.7. The molecule has 1 saturated heterocycles. The first kappa shape index (κ1) is 14.3. The molecule has 20 heavy (non-hydrogen) atoms. The van der Waals surface area contributed by atoms with Crippen LogP contribution >= 0.6 is 0 Å². The van der Waals surface area contributed by atoms with Gasteiger partial charge in [0.05, 0.1) is 6.10 Å². The predicted octanol–water partition coefficient (Wildman–Crippen LogP) is 0.764. The van der Waals surface area contributed by atoms with Crippen LogP contribution in [-0.4, -0.2) is 31.2 Å². The third kappa shape index (κ3) is 4.24. The number of amides is 3. The number of nitrogens with one attached hydrogen (secondary N) is 2. The lowest BCUT2D eigenvalue weighted by atomic mass is 10.1. The molecule has 0 aromatic heterocycles. The van der Waals surface area contributed by atoms with Gasteiger partial charge in [0.15, 0.2) is 0 Å². The Morgan fingerprint density at radius 2 is 2.20 bits per heavy atom. The van der Waals surface area contributed by atoms with Crippen molar-refractivity contribution in [3.05, 3.63) is 35.4 Å². The zero-order chi connectivity index (χ0) is 14.4. The van der Waals surface area contributed by atoms with Crippen LogP contribution < -0.4 is 16.4 Å². The molecule has 3 amide bonds. The summed E-state index contributed by atoms with van der Waals surface area (Å²) >= 11 is 0. The first-order chi connectivity index (χ1) is 9.65. The first-order valence-electron chi connectivity index (χ1n) is 6.67. The summed E-state index contributed by atoms with van der Waals surface area (Å²) in [6.07, 6.45) is 2.16. The highest BCUT2D eigenvalue weighted by Gasteiger charge is 2.15. The molecule has 1 aliphatic rings. The topological polar surface area (TPSA) is 93.5 Å². The number of hydrogen-bond acceptors (Lipinski definition) is 3. The van der Waals surface area contributed by atoms with Gasteiger partial charge in [-0.25, -0.2) is 4.79 Å². The molecule has 1 unspecified atom stereocenters. The first-order valence-corrected chi connectivity index (χ1v) is 6.67. The summed E-state index contributed by atoms with van der Waals surface area (Å²) in [7, 11) is 0. The van der Waals surface area contributed by atoms with E-state index in [1.165, 1.54) is 0 Å². The van der Waals surface area contributed by atoms with E-state index in [-0.39, 0.29) is 12.1 Å². The maximum Gasteiger partial charge on any atom is 0.315 e. The predicted molar refractivity (Wildman–Crippen MR) is 74.2 cm³/mol. The summed E-state index contributed by atoms with van der Waals surface area (Å²) in [6.45, 7) is 1.64. The van der Waals surface area contributed by atoms with Crippen LogP contribution in [-0.2, 0) is 11.3 Å². The quantitative estimate of drug-likeness (QED) is 0.742. The highest BCUT2D eigenvalue weighted by molar-refractivity contribution is 5.92. The van der Waals surface area contributed by atoms with Crippen LogP contribution in [0.3, 0.4) is 0 Å². The number of primary amides is 1. The largest absolute Gasteiger partial charge is 0.376 e. The smallest absolute Gasteiger partial charge is 0.315 e. The van der Waals surface area contributed by atoms with Gasteiger partial charge in [-0.05, 0) is 30.5 Å². The fraction of sp³-hybridized carbons (Fsp3) is 0.429. The van der Waals surface area contributed by atoms with Crippen LogP contribution in [0.4, 0.5) is 4.79 Å². The van der Waals surface area contributed by atoms with Gasteiger partial charge in [-0.15, -0.1) is 0 Å². The molecule has 1 aromatic rings. The molecule has 1 atom stereocenters. The molecule has 1 aromatic carbocycles. The minimum atomic E-state index is -0.477. The fourth-order valence-corrected chi connectivity index (χ4v) is 2.09. The van der Waals surface area contributed by atoms with Gasteiger partial charge in [0, 0.05) is 25.3 Å². The number of hydrogen-bond donors (Lipinski definition) is 3. The van der Waals surface area contributed by atoms with Crippen LogP contribution in [0.15, 0.2) is 24.3 Å². The summed E-state index contributed by atoms with van der Waals surface area (Å²) in [5, 5.41) is 5.50. The van der Waals surface area contributed by atoms with E-state index in [2.05, 4.69) is 10.6 Å². The van der Waals surface area contributed by atoms with Crippen molar-refractivity contribution in [3.8, 4) is 0 Å². The van der Waals surface area contributed by atoms with Crippen molar-refractivity contribution in [2.24, 2.45) is 5.73 Å². The van der Waals surface area contributed by atoms with E-state index in [4.69, 9.17) is 10.5 Å². The van der Waals surface area contributed by atoms with Crippen LogP contribution in [0.25, 0.3) is 0 Å². The van der Waals surface area contributed by atoms with Gasteiger partial charge in [0.2, 0.25) is 5.91 Å². The Morgan fingerprint density at radius 1 is 1.35 bits per heavy atom. The molecular weight excluding hydrogens is 258 g/mol. The molecule has 0 saturated carbocycles. The van der Waals surface area contributed by atoms with E-state index in [1.54, 1.807) is 18.2 Å². The van der Waals surface area contributed by atoms with E-state index in [1.807, 2.05) is 6.07 Å². The third-order valence-electron chi connectivity index (χ3n) is 3.18. The van der Waals surface area contributed by atoms with Crippen molar-refractivity contribution < 1.29 is 14.3 Å². The molecular formula is C14H19N3O3. The van der Waals surface area contributed by atoms with Crippen molar-refractivity contribution in [1.29, 1.82) is 0 Å². The second kappa shape index (κ2) is 6.91. The van der Waals surface area contributed by atoms with Crippen molar-refractivity contribution in [3.63, 3.8) is 0 Å². The molecule has 0 radical (unpaired) electrons. The Kier molecular flexibility index (Phi) is 4.95. The zero-order valence-electron chi connectivity index (χ0n) is 11.2. The van der Waals surface area contributed by atoms with Gasteiger partial charge >= 0.3 is 6.03 Å². The van der Waals surface area contributed by atoms with Crippen LogP contribution in [0, 0.1) is 0 Å². The van der Waals surface area contributed by atoms with Gasteiger partial charge in [-0.1, -0.05) is 12.1 Å². The highest BCUT2D eigenvalue weighted by Crippen LogP contribution is 2.10. The second-order valence-corrected chi connectivity index (χ2v) is 4.76. The summed E-state index contributed by atoms with van der Waals surface area (Å²) in [4.78, 5) is 22.7. The molecule has 108 valence electrons. The van der Waals surface area contributed by atoms with Crippen LogP contribution in [0.1, 0.15) is 28.8 Å². The summed E-state index contributed by atoms with van der Waals surface area (Å²) in [6, 6.07) is 6.63. The summed E-state index contributed by atoms with van der Waals surface area (Å²) < 4.78 is 5.41. The molecule has 1 heterocycles. The molecule has 6 nitrogen and oxygen atoms in total. The number of nitrogens with two attached hydrogens (primary N) is 1. The van der Waals surface area contributed by atoms with Gasteiger partial charge in [-0.2, -0.15) is 0 Å². The molecule has 2 rings (SSSR count). The maximum atomic E-state index is 11.6. The standard InChI is InChI=1S/C14H19N3O3/c15-13(18)11-4-1-3-10(7-11)8-16-14(19)17-9-12-5-2-6-20-12/h1,3-4,7,12H,2,5-6,8-9H2,(H2,15,18)(H2,16,17,19). The lowest BCUT2D eigenvalue weighted by Crippen LogP contribution is -2.39. The zero-order valence-corrected chi connectivity index (χ0v) is 11.2. The van der Waals surface area contributed by atoms with Gasteiger partial charge in [-0.3, -0.25) is 4.79 Å². The number of rotatable bonds is 5. The van der Waals surface area contributed by atoms with Gasteiger partial charge < -0.3 is 21.1 Å². The van der Waals surface area contributed by atoms with E-state index in [9.17, 15) is 9.59 Å². The highest BCUT2D eigenvalue weighted by atomic mass is 16.5. The minimum Gasteiger partial charge on any atom is -0.376 e. The monoisotopic (exact) mass is 277 g/mol. The molecule has 1 fully saturated rings. The van der Waals surface area contributed by atoms with Crippen molar-refractivity contribution in [1.82, 2.24) is 10.6 Å². The average molecular weight is 277 g/mol. The molecule has 0 aliphatic carbocycles. The van der Waals surface area contributed by atoms with Crippen molar-refractivity contribution >= 4 is 11.9 Å². The number of urea groups is 1. The van der Waals surface area contributed by atoms with Gasteiger partial charge in [0.25, 0.3) is 0 Å². The van der Waals surface area contributed by atoms with Crippen molar-refractivity contribution in [2.75, 3.05) is 13.2 Å². The Balaban J connectivity index is 1.75. The Bertz CT molecular complexity index is 484. The minimum absolute atomic E-state index is 0.124. The number of carbonyl (C=O) groups excluding carboxylic acids is 2. The third-order valence-corrected chi connectivity index (χ3v) is 3.18. The SMILES string of the molecule is NC(=O)c1cccc(CNC(=O)NCC2CCCO2)c1. The fourth-order valence-electron chi connectivity index (χ4n) is 2.09. The Labute approximate surface area is 117 Å². The van der Waals surface area contributed by atoms with E-state index >= 15 is 0 Å². The van der Waals surface area contributed by atoms with Crippen LogP contribution in [0.2, 0.25) is 0 Å². The molecule has 4 N–H and O–H groups in total. The summed E-state index contributed by atoms with van der Waals surface area (Å²) in [5.41, 5.74) is 6.47. The number of carbonyl (C=O) groups is 2. The van der Waals surface area contributed by atoms with E-state index in [0.717, 1.165) is 25.0 Å². The average Bonchev–Trinajstić information content (AvgIpc) is 2.96. The lowest BCUT2D eigenvalue weighted by Gasteiger charge is -2.12. The molecule has 0 bridgehead atoms. The molecule has 1 aliphatic heterocycles. The van der Waals surface area contributed by atoms with E-state index in [0.29, 0.717) is 18.7 Å². The Morgan fingerprint density at radius 3 is 2.90 bits per heavy atom. The maximum absolute atomic E-state index is 11.6. The van der Waals surface area contributed by atoms with E-state index < -0.39 is 5.91 Å². The lowest BCUT2D eigenvalue weighted by molar-refractivity contribution is 0.1000. The second-order valence-electron chi connectivity index (χ2n) is 4.76. The van der Waals surface area contributed by atoms with Crippen LogP contribution in [0.5, 0.6) is 0 Å². The number of ether oxygens (including phenoxy) is 1. The number of benzene rings is 1. The molecule has 6 heteroatoms. The Hall–Kier alpha value is -2.08. The molecule has 0 spiro atoms. The summed E-state index contributed by atoms with van der Waals surface area (Å²) in [5.74, 6) is -0.477. The van der Waals surface area contributed by atoms with Crippen molar-refractivity contribution in [2.45, 2.75) is 25.5 Å². The van der Waals surface area contributed by atoms with Gasteiger partial charge in [0.1, 0.15) is 0 Å².